The van der Waals surface area contributed by atoms with E-state index in [4.69, 9.17) is 13.9 Å². The minimum atomic E-state index is -0.801. The van der Waals surface area contributed by atoms with Crippen LogP contribution in [0.2, 0.25) is 0 Å². The van der Waals surface area contributed by atoms with Crippen LogP contribution in [0.5, 0.6) is 11.5 Å². The number of nitrogens with zero attached hydrogens (tertiary/aromatic N) is 3. The van der Waals surface area contributed by atoms with E-state index in [1.807, 2.05) is 19.9 Å². The molecule has 1 amide bonds. The number of rotatable bonds is 9. The fraction of sp³-hybridized carbons (Fsp3) is 0.192. The van der Waals surface area contributed by atoms with Crippen LogP contribution in [-0.4, -0.2) is 29.0 Å². The minimum Gasteiger partial charge on any atom is -0.496 e. The van der Waals surface area contributed by atoms with Crippen LogP contribution in [0.4, 0.5) is 8.78 Å². The fourth-order valence-electron chi connectivity index (χ4n) is 3.53. The molecule has 10 heteroatoms. The molecule has 0 unspecified atom stereocenters. The number of ether oxygens (including phenoxy) is 2. The molecule has 2 aromatic heterocycles. The Kier molecular flexibility index (Phi) is 7.43. The number of methoxy groups -OCH3 is 1. The number of halogens is 2. The van der Waals surface area contributed by atoms with Crippen molar-refractivity contribution >= 4 is 12.1 Å². The SMILES string of the molecule is COc1ccc(C=NNC(=O)c2ccc(Cn3nc(C)cc3C)o2)cc1COc1ccc(F)cc1F. The van der Waals surface area contributed by atoms with E-state index < -0.39 is 17.5 Å². The topological polar surface area (TPSA) is 90.9 Å². The molecule has 0 aliphatic heterocycles. The van der Waals surface area contributed by atoms with Gasteiger partial charge in [0.05, 0.1) is 25.6 Å². The lowest BCUT2D eigenvalue weighted by atomic mass is 10.1. The van der Waals surface area contributed by atoms with Crippen molar-refractivity contribution < 1.29 is 27.5 Å². The molecule has 0 saturated carbocycles. The molecule has 0 radical (unpaired) electrons. The van der Waals surface area contributed by atoms with Gasteiger partial charge in [0.1, 0.15) is 23.9 Å². The van der Waals surface area contributed by atoms with Crippen LogP contribution < -0.4 is 14.9 Å². The zero-order valence-electron chi connectivity index (χ0n) is 19.9. The highest BCUT2D eigenvalue weighted by molar-refractivity contribution is 5.92. The van der Waals surface area contributed by atoms with E-state index in [1.165, 1.54) is 19.4 Å². The van der Waals surface area contributed by atoms with Gasteiger partial charge in [-0.25, -0.2) is 14.2 Å². The third kappa shape index (κ3) is 5.96. The highest BCUT2D eigenvalue weighted by Gasteiger charge is 2.12. The van der Waals surface area contributed by atoms with Crippen molar-refractivity contribution in [2.75, 3.05) is 7.11 Å². The van der Waals surface area contributed by atoms with Crippen LogP contribution in [-0.2, 0) is 13.2 Å². The van der Waals surface area contributed by atoms with Gasteiger partial charge in [-0.3, -0.25) is 9.48 Å². The second kappa shape index (κ2) is 10.9. The third-order valence-electron chi connectivity index (χ3n) is 5.26. The predicted molar refractivity (Wildman–Crippen MR) is 128 cm³/mol. The number of carbonyl (C=O) groups is 1. The number of aryl methyl sites for hydroxylation is 2. The number of benzene rings is 2. The average molecular weight is 494 g/mol. The van der Waals surface area contributed by atoms with E-state index in [0.717, 1.165) is 23.5 Å². The van der Waals surface area contributed by atoms with E-state index in [-0.39, 0.29) is 18.1 Å². The summed E-state index contributed by atoms with van der Waals surface area (Å²) in [5, 5.41) is 8.36. The summed E-state index contributed by atoms with van der Waals surface area (Å²) in [5.74, 6) is -0.849. The number of hydrogen-bond acceptors (Lipinski definition) is 6. The lowest BCUT2D eigenvalue weighted by Gasteiger charge is -2.11. The van der Waals surface area contributed by atoms with E-state index in [2.05, 4.69) is 15.6 Å². The van der Waals surface area contributed by atoms with Gasteiger partial charge in [-0.1, -0.05) is 0 Å². The quantitative estimate of drug-likeness (QED) is 0.267. The van der Waals surface area contributed by atoms with Crippen molar-refractivity contribution in [3.8, 4) is 11.5 Å². The average Bonchev–Trinajstić information content (AvgIpc) is 3.44. The summed E-state index contributed by atoms with van der Waals surface area (Å²) in [4.78, 5) is 12.4. The number of aromatic nitrogens is 2. The Bertz CT molecular complexity index is 1410. The number of hydrogen-bond donors (Lipinski definition) is 1. The first-order chi connectivity index (χ1) is 17.3. The van der Waals surface area contributed by atoms with Crippen molar-refractivity contribution in [2.24, 2.45) is 5.10 Å². The van der Waals surface area contributed by atoms with Gasteiger partial charge < -0.3 is 13.9 Å². The standard InChI is InChI=1S/C26H24F2N4O4/c1-16-10-17(2)32(31-16)14-21-6-9-25(36-21)26(33)30-29-13-18-4-7-23(34-3)19(11-18)15-35-24-8-5-20(27)12-22(24)28/h4-13H,14-15H2,1-3H3,(H,30,33). The molecule has 36 heavy (non-hydrogen) atoms. The Balaban J connectivity index is 1.38. The first-order valence-electron chi connectivity index (χ1n) is 11.0. The lowest BCUT2D eigenvalue weighted by Crippen LogP contribution is -2.16. The summed E-state index contributed by atoms with van der Waals surface area (Å²) in [6.07, 6.45) is 1.44. The second-order valence-electron chi connectivity index (χ2n) is 7.98. The van der Waals surface area contributed by atoms with Crippen molar-refractivity contribution in [3.63, 3.8) is 0 Å². The molecule has 0 spiro atoms. The van der Waals surface area contributed by atoms with Crippen LogP contribution in [0.25, 0.3) is 0 Å². The Morgan fingerprint density at radius 3 is 2.64 bits per heavy atom. The van der Waals surface area contributed by atoms with E-state index in [0.29, 0.717) is 29.2 Å². The van der Waals surface area contributed by atoms with Crippen molar-refractivity contribution in [1.82, 2.24) is 15.2 Å². The molecule has 1 N–H and O–H groups in total. The van der Waals surface area contributed by atoms with Crippen LogP contribution in [0.1, 0.15) is 38.8 Å². The Morgan fingerprint density at radius 1 is 1.11 bits per heavy atom. The maximum Gasteiger partial charge on any atom is 0.307 e. The van der Waals surface area contributed by atoms with E-state index in [1.54, 1.807) is 35.0 Å². The third-order valence-corrected chi connectivity index (χ3v) is 5.26. The van der Waals surface area contributed by atoms with Crippen LogP contribution in [0.15, 0.2) is 64.1 Å². The van der Waals surface area contributed by atoms with E-state index in [9.17, 15) is 13.6 Å². The van der Waals surface area contributed by atoms with Gasteiger partial charge in [0.2, 0.25) is 0 Å². The molecule has 186 valence electrons. The molecule has 0 bridgehead atoms. The summed E-state index contributed by atoms with van der Waals surface area (Å²) in [6.45, 7) is 4.24. The predicted octanol–water partition coefficient (Wildman–Crippen LogP) is 4.77. The second-order valence-corrected chi connectivity index (χ2v) is 7.98. The zero-order valence-corrected chi connectivity index (χ0v) is 19.9. The molecule has 4 aromatic rings. The maximum atomic E-state index is 13.9. The molecule has 0 atom stereocenters. The monoisotopic (exact) mass is 494 g/mol. The smallest absolute Gasteiger partial charge is 0.307 e. The van der Waals surface area contributed by atoms with Gasteiger partial charge in [0.15, 0.2) is 17.3 Å². The summed E-state index contributed by atoms with van der Waals surface area (Å²) < 4.78 is 45.2. The molecule has 8 nitrogen and oxygen atoms in total. The summed E-state index contributed by atoms with van der Waals surface area (Å²) in [6, 6.07) is 13.5. The van der Waals surface area contributed by atoms with Gasteiger partial charge in [-0.2, -0.15) is 10.2 Å². The Labute approximate surface area is 206 Å². The molecule has 2 heterocycles. The van der Waals surface area contributed by atoms with Crippen LogP contribution in [0, 0.1) is 25.5 Å². The van der Waals surface area contributed by atoms with Gasteiger partial charge in [0.25, 0.3) is 0 Å². The number of hydrazone groups is 1. The molecular weight excluding hydrogens is 470 g/mol. The van der Waals surface area contributed by atoms with Crippen molar-refractivity contribution in [1.29, 1.82) is 0 Å². The number of amides is 1. The molecule has 2 aromatic carbocycles. The van der Waals surface area contributed by atoms with Crippen LogP contribution >= 0.6 is 0 Å². The molecular formula is C26H24F2N4O4. The molecule has 0 saturated heterocycles. The highest BCUT2D eigenvalue weighted by Crippen LogP contribution is 2.24. The van der Waals surface area contributed by atoms with Crippen LogP contribution in [0.3, 0.4) is 0 Å². The maximum absolute atomic E-state index is 13.9. The van der Waals surface area contributed by atoms with Crippen molar-refractivity contribution in [3.05, 3.63) is 100 Å². The van der Waals surface area contributed by atoms with Gasteiger partial charge in [-0.05, 0) is 67.9 Å². The normalized spacial score (nSPS) is 11.1. The Hall–Kier alpha value is -4.47. The first kappa shape index (κ1) is 24.6. The van der Waals surface area contributed by atoms with Gasteiger partial charge >= 0.3 is 5.91 Å². The van der Waals surface area contributed by atoms with Gasteiger partial charge in [0, 0.05) is 17.3 Å². The number of carbonyl (C=O) groups excluding carboxylic acids is 1. The minimum absolute atomic E-state index is 0.0236. The van der Waals surface area contributed by atoms with E-state index >= 15 is 0 Å². The first-order valence-corrected chi connectivity index (χ1v) is 11.0. The summed E-state index contributed by atoms with van der Waals surface area (Å²) in [7, 11) is 1.50. The lowest BCUT2D eigenvalue weighted by molar-refractivity contribution is 0.0925. The van der Waals surface area contributed by atoms with Crippen molar-refractivity contribution in [2.45, 2.75) is 27.0 Å². The largest absolute Gasteiger partial charge is 0.496 e. The molecule has 0 aliphatic carbocycles. The zero-order chi connectivity index (χ0) is 25.7. The fourth-order valence-corrected chi connectivity index (χ4v) is 3.53. The summed E-state index contributed by atoms with van der Waals surface area (Å²) >= 11 is 0. The molecule has 4 rings (SSSR count). The molecule has 0 fully saturated rings. The number of furan rings is 1. The molecule has 0 aliphatic rings. The number of nitrogens with one attached hydrogen (secondary N) is 1. The highest BCUT2D eigenvalue weighted by atomic mass is 19.1. The van der Waals surface area contributed by atoms with Gasteiger partial charge in [-0.15, -0.1) is 0 Å². The Morgan fingerprint density at radius 2 is 1.92 bits per heavy atom. The summed E-state index contributed by atoms with van der Waals surface area (Å²) in [5.41, 5.74) is 5.57.